The molecule has 1 aliphatic heterocycles. The monoisotopic (exact) mass is 378 g/mol. The van der Waals surface area contributed by atoms with Gasteiger partial charge in [0, 0.05) is 0 Å². The predicted molar refractivity (Wildman–Crippen MR) is 85.6 cm³/mol. The van der Waals surface area contributed by atoms with Crippen molar-refractivity contribution in [2.75, 3.05) is 6.61 Å². The molecule has 1 aromatic carbocycles. The number of benzene rings is 1. The Kier molecular flexibility index (Phi) is 5.75. The highest BCUT2D eigenvalue weighted by atomic mass is 19.4. The van der Waals surface area contributed by atoms with Gasteiger partial charge < -0.3 is 9.47 Å². The fourth-order valence-corrected chi connectivity index (χ4v) is 4.14. The van der Waals surface area contributed by atoms with Crippen LogP contribution in [0.25, 0.3) is 0 Å². The van der Waals surface area contributed by atoms with E-state index in [4.69, 9.17) is 4.74 Å². The Morgan fingerprint density at radius 2 is 1.50 bits per heavy atom. The van der Waals surface area contributed by atoms with Gasteiger partial charge in [-0.25, -0.2) is 8.78 Å². The molecule has 2 aliphatic rings. The van der Waals surface area contributed by atoms with Gasteiger partial charge in [0.25, 0.3) is 0 Å². The van der Waals surface area contributed by atoms with Crippen LogP contribution in [0.15, 0.2) is 12.1 Å². The third-order valence-corrected chi connectivity index (χ3v) is 5.65. The minimum atomic E-state index is -5.14. The first-order chi connectivity index (χ1) is 12.2. The number of halogens is 5. The topological polar surface area (TPSA) is 18.5 Å². The third kappa shape index (κ3) is 4.67. The van der Waals surface area contributed by atoms with Crippen molar-refractivity contribution in [1.82, 2.24) is 0 Å². The number of alkyl halides is 3. The Balaban J connectivity index is 1.62. The molecule has 26 heavy (non-hydrogen) atoms. The maximum absolute atomic E-state index is 13.9. The second-order valence-electron chi connectivity index (χ2n) is 7.54. The van der Waals surface area contributed by atoms with E-state index in [1.54, 1.807) is 0 Å². The molecule has 2 atom stereocenters. The van der Waals surface area contributed by atoms with Crippen LogP contribution in [0.5, 0.6) is 5.75 Å². The molecule has 146 valence electrons. The Morgan fingerprint density at radius 3 is 2.00 bits per heavy atom. The van der Waals surface area contributed by atoms with Gasteiger partial charge >= 0.3 is 6.36 Å². The first kappa shape index (κ1) is 19.4. The average molecular weight is 378 g/mol. The molecular weight excluding hydrogens is 355 g/mol. The van der Waals surface area contributed by atoms with E-state index in [1.165, 1.54) is 25.7 Å². The summed E-state index contributed by atoms with van der Waals surface area (Å²) in [6, 6.07) is 1.74. The molecule has 1 aromatic rings. The zero-order valence-electron chi connectivity index (χ0n) is 14.6. The number of hydrogen-bond donors (Lipinski definition) is 0. The molecule has 0 aromatic heterocycles. The lowest BCUT2D eigenvalue weighted by atomic mass is 9.74. The van der Waals surface area contributed by atoms with Gasteiger partial charge in [-0.15, -0.1) is 13.2 Å². The maximum atomic E-state index is 13.9. The van der Waals surface area contributed by atoms with E-state index < -0.39 is 29.9 Å². The SMILES string of the molecule is CC1CCC(C2CCC(c3cc(F)c(OC(F)(F)F)c(F)c3)OC2)CC1. The van der Waals surface area contributed by atoms with Crippen molar-refractivity contribution < 1.29 is 31.4 Å². The summed E-state index contributed by atoms with van der Waals surface area (Å²) in [5.74, 6) is -2.32. The van der Waals surface area contributed by atoms with Crippen molar-refractivity contribution in [2.45, 2.75) is 57.9 Å². The van der Waals surface area contributed by atoms with E-state index in [0.29, 0.717) is 24.9 Å². The molecule has 0 radical (unpaired) electrons. The number of ether oxygens (including phenoxy) is 2. The molecule has 2 nitrogen and oxygen atoms in total. The molecule has 1 saturated heterocycles. The van der Waals surface area contributed by atoms with Crippen LogP contribution in [0.1, 0.15) is 57.1 Å². The molecular formula is C19H23F5O2. The van der Waals surface area contributed by atoms with Crippen LogP contribution in [0.4, 0.5) is 22.0 Å². The van der Waals surface area contributed by atoms with Crippen molar-refractivity contribution in [3.8, 4) is 5.75 Å². The quantitative estimate of drug-likeness (QED) is 0.587. The summed E-state index contributed by atoms with van der Waals surface area (Å²) in [4.78, 5) is 0. The summed E-state index contributed by atoms with van der Waals surface area (Å²) >= 11 is 0. The largest absolute Gasteiger partial charge is 0.573 e. The Hall–Kier alpha value is -1.37. The molecule has 0 amide bonds. The molecule has 0 N–H and O–H groups in total. The fourth-order valence-electron chi connectivity index (χ4n) is 4.14. The number of rotatable bonds is 3. The van der Waals surface area contributed by atoms with Gasteiger partial charge in [-0.3, -0.25) is 0 Å². The second kappa shape index (κ2) is 7.71. The zero-order valence-corrected chi connectivity index (χ0v) is 14.6. The van der Waals surface area contributed by atoms with Crippen molar-refractivity contribution in [1.29, 1.82) is 0 Å². The Morgan fingerprint density at radius 1 is 0.923 bits per heavy atom. The highest BCUT2D eigenvalue weighted by molar-refractivity contribution is 5.32. The lowest BCUT2D eigenvalue weighted by Crippen LogP contribution is -2.29. The van der Waals surface area contributed by atoms with Crippen LogP contribution < -0.4 is 4.74 Å². The summed E-state index contributed by atoms with van der Waals surface area (Å²) in [5.41, 5.74) is 0.213. The molecule has 7 heteroatoms. The van der Waals surface area contributed by atoms with E-state index >= 15 is 0 Å². The Bertz CT molecular complexity index is 592. The van der Waals surface area contributed by atoms with Crippen LogP contribution in [0, 0.1) is 29.4 Å². The smallest absolute Gasteiger partial charge is 0.399 e. The second-order valence-corrected chi connectivity index (χ2v) is 7.54. The molecule has 2 unspecified atom stereocenters. The zero-order chi connectivity index (χ0) is 18.9. The van der Waals surface area contributed by atoms with Crippen LogP contribution in [-0.4, -0.2) is 13.0 Å². The summed E-state index contributed by atoms with van der Waals surface area (Å²) in [6.07, 6.45) is 0.679. The van der Waals surface area contributed by atoms with Crippen molar-refractivity contribution in [3.05, 3.63) is 29.3 Å². The van der Waals surface area contributed by atoms with Gasteiger partial charge in [0.2, 0.25) is 5.75 Å². The molecule has 0 bridgehead atoms. The van der Waals surface area contributed by atoms with E-state index in [1.807, 2.05) is 0 Å². The van der Waals surface area contributed by atoms with Crippen molar-refractivity contribution >= 4 is 0 Å². The minimum absolute atomic E-state index is 0.213. The van der Waals surface area contributed by atoms with Gasteiger partial charge in [0.1, 0.15) is 0 Å². The summed E-state index contributed by atoms with van der Waals surface area (Å²) in [6.45, 7) is 2.78. The highest BCUT2D eigenvalue weighted by Gasteiger charge is 2.35. The first-order valence-corrected chi connectivity index (χ1v) is 9.09. The van der Waals surface area contributed by atoms with Gasteiger partial charge in [-0.1, -0.05) is 19.8 Å². The molecule has 1 heterocycles. The molecule has 0 spiro atoms. The van der Waals surface area contributed by atoms with Gasteiger partial charge in [-0.2, -0.15) is 0 Å². The van der Waals surface area contributed by atoms with Gasteiger partial charge in [0.15, 0.2) is 11.6 Å². The lowest BCUT2D eigenvalue weighted by Gasteiger charge is -2.37. The van der Waals surface area contributed by atoms with Crippen molar-refractivity contribution in [3.63, 3.8) is 0 Å². The van der Waals surface area contributed by atoms with E-state index in [-0.39, 0.29) is 5.56 Å². The van der Waals surface area contributed by atoms with E-state index in [0.717, 1.165) is 24.5 Å². The third-order valence-electron chi connectivity index (χ3n) is 5.65. The number of hydrogen-bond acceptors (Lipinski definition) is 2. The summed E-state index contributed by atoms with van der Waals surface area (Å²) in [5, 5.41) is 0. The summed E-state index contributed by atoms with van der Waals surface area (Å²) < 4.78 is 73.7. The predicted octanol–water partition coefficient (Wildman–Crippen LogP) is 6.16. The Labute approximate surface area is 149 Å². The van der Waals surface area contributed by atoms with Crippen LogP contribution in [0.3, 0.4) is 0 Å². The average Bonchev–Trinajstić information content (AvgIpc) is 2.58. The summed E-state index contributed by atoms with van der Waals surface area (Å²) in [7, 11) is 0. The van der Waals surface area contributed by atoms with E-state index in [9.17, 15) is 22.0 Å². The first-order valence-electron chi connectivity index (χ1n) is 9.09. The van der Waals surface area contributed by atoms with Crippen LogP contribution in [0.2, 0.25) is 0 Å². The van der Waals surface area contributed by atoms with Crippen LogP contribution >= 0.6 is 0 Å². The molecule has 2 fully saturated rings. The maximum Gasteiger partial charge on any atom is 0.573 e. The minimum Gasteiger partial charge on any atom is -0.399 e. The van der Waals surface area contributed by atoms with Gasteiger partial charge in [0.05, 0.1) is 12.7 Å². The van der Waals surface area contributed by atoms with E-state index in [2.05, 4.69) is 11.7 Å². The lowest BCUT2D eigenvalue weighted by molar-refractivity contribution is -0.276. The van der Waals surface area contributed by atoms with Gasteiger partial charge in [-0.05, 0) is 61.1 Å². The fraction of sp³-hybridized carbons (Fsp3) is 0.684. The van der Waals surface area contributed by atoms with Crippen LogP contribution in [-0.2, 0) is 4.74 Å². The van der Waals surface area contributed by atoms with Crippen molar-refractivity contribution in [2.24, 2.45) is 17.8 Å². The normalized spacial score (nSPS) is 30.2. The molecule has 3 rings (SSSR count). The highest BCUT2D eigenvalue weighted by Crippen LogP contribution is 2.41. The molecule has 1 aliphatic carbocycles. The standard InChI is InChI=1S/C19H23F5O2/c1-11-2-4-12(5-3-11)13-6-7-17(25-10-13)14-8-15(20)18(16(21)9-14)26-19(22,23)24/h8-9,11-13,17H,2-7,10H2,1H3. The molecule has 1 saturated carbocycles.